The minimum atomic E-state index is 0.210. The number of methoxy groups -OCH3 is 1. The van der Waals surface area contributed by atoms with Crippen LogP contribution in [0.4, 0.5) is 5.69 Å². The first kappa shape index (κ1) is 12.7. The molecule has 1 aliphatic heterocycles. The molecule has 1 aromatic carbocycles. The molecular formula is C15H17N3O2. The van der Waals surface area contributed by atoms with E-state index in [9.17, 15) is 5.11 Å². The van der Waals surface area contributed by atoms with E-state index in [1.54, 1.807) is 25.6 Å². The normalized spacial score (nSPS) is 14.7. The summed E-state index contributed by atoms with van der Waals surface area (Å²) < 4.78 is 5.17. The Labute approximate surface area is 117 Å². The van der Waals surface area contributed by atoms with Crippen LogP contribution in [0.15, 0.2) is 36.7 Å². The monoisotopic (exact) mass is 271 g/mol. The summed E-state index contributed by atoms with van der Waals surface area (Å²) in [5.74, 6) is 0.733. The lowest BCUT2D eigenvalue weighted by atomic mass is 10.00. The van der Waals surface area contributed by atoms with E-state index in [2.05, 4.69) is 15.4 Å². The molecule has 0 amide bonds. The molecule has 2 N–H and O–H groups in total. The Balaban J connectivity index is 1.78. The average molecular weight is 271 g/mol. The van der Waals surface area contributed by atoms with E-state index in [-0.39, 0.29) is 5.75 Å². The quantitative estimate of drug-likeness (QED) is 0.896. The van der Waals surface area contributed by atoms with Crippen LogP contribution in [0.25, 0.3) is 0 Å². The molecule has 20 heavy (non-hydrogen) atoms. The van der Waals surface area contributed by atoms with Gasteiger partial charge in [-0.1, -0.05) is 0 Å². The van der Waals surface area contributed by atoms with E-state index < -0.39 is 0 Å². The molecular weight excluding hydrogens is 254 g/mol. The number of aromatic nitrogens is 1. The van der Waals surface area contributed by atoms with Crippen molar-refractivity contribution in [2.75, 3.05) is 19.1 Å². The smallest absolute Gasteiger partial charge is 0.160 e. The third-order valence-electron chi connectivity index (χ3n) is 3.48. The number of anilines is 1. The number of phenolic OH excluding ortho intramolecular Hbond substituents is 1. The van der Waals surface area contributed by atoms with Crippen molar-refractivity contribution >= 4 is 5.69 Å². The third kappa shape index (κ3) is 2.53. The lowest BCUT2D eigenvalue weighted by Gasteiger charge is -2.30. The fraction of sp³-hybridized carbons (Fsp3) is 0.267. The molecule has 1 aliphatic rings. The summed E-state index contributed by atoms with van der Waals surface area (Å²) in [6.45, 7) is 1.66. The number of nitrogens with one attached hydrogen (secondary N) is 1. The number of hydrogen-bond donors (Lipinski definition) is 2. The molecule has 2 heterocycles. The number of pyridine rings is 1. The highest BCUT2D eigenvalue weighted by molar-refractivity contribution is 5.48. The molecule has 0 aliphatic carbocycles. The van der Waals surface area contributed by atoms with Gasteiger partial charge in [0.1, 0.15) is 0 Å². The Morgan fingerprint density at radius 3 is 2.80 bits per heavy atom. The Morgan fingerprint density at radius 2 is 2.05 bits per heavy atom. The fourth-order valence-electron chi connectivity index (χ4n) is 2.44. The van der Waals surface area contributed by atoms with E-state index in [4.69, 9.17) is 4.74 Å². The second kappa shape index (κ2) is 5.38. The number of rotatable bonds is 3. The predicted octanol–water partition coefficient (Wildman–Crippen LogP) is 2.18. The number of ether oxygens (including phenoxy) is 1. The van der Waals surface area contributed by atoms with Crippen LogP contribution in [-0.2, 0) is 13.0 Å². The molecule has 0 radical (unpaired) electrons. The van der Waals surface area contributed by atoms with Crippen molar-refractivity contribution < 1.29 is 9.84 Å². The molecule has 0 saturated heterocycles. The highest BCUT2D eigenvalue weighted by atomic mass is 16.5. The molecule has 0 bridgehead atoms. The van der Waals surface area contributed by atoms with Crippen molar-refractivity contribution in [3.05, 3.63) is 47.8 Å². The first-order valence-corrected chi connectivity index (χ1v) is 6.56. The van der Waals surface area contributed by atoms with Gasteiger partial charge in [0, 0.05) is 25.5 Å². The van der Waals surface area contributed by atoms with Gasteiger partial charge in [0.05, 0.1) is 12.8 Å². The molecule has 104 valence electrons. The number of aromatic hydroxyl groups is 1. The molecule has 1 aromatic heterocycles. The molecule has 0 atom stereocenters. The van der Waals surface area contributed by atoms with Gasteiger partial charge in [-0.2, -0.15) is 0 Å². The highest BCUT2D eigenvalue weighted by Gasteiger charge is 2.18. The topological polar surface area (TPSA) is 57.6 Å². The van der Waals surface area contributed by atoms with E-state index in [1.807, 2.05) is 18.2 Å². The molecule has 0 saturated carbocycles. The molecule has 0 fully saturated rings. The zero-order chi connectivity index (χ0) is 13.9. The minimum Gasteiger partial charge on any atom is -0.504 e. The number of hydrogen-bond acceptors (Lipinski definition) is 5. The van der Waals surface area contributed by atoms with Gasteiger partial charge in [-0.3, -0.25) is 4.98 Å². The van der Waals surface area contributed by atoms with Gasteiger partial charge in [0.2, 0.25) is 0 Å². The zero-order valence-corrected chi connectivity index (χ0v) is 11.3. The number of hydrazine groups is 1. The summed E-state index contributed by atoms with van der Waals surface area (Å²) in [7, 11) is 1.57. The van der Waals surface area contributed by atoms with Crippen LogP contribution in [0.3, 0.4) is 0 Å². The SMILES string of the molecule is COc1cc2c(cc1O)CCN(Nc1ccncc1)C2. The lowest BCUT2D eigenvalue weighted by molar-refractivity contribution is 0.304. The van der Waals surface area contributed by atoms with E-state index in [0.29, 0.717) is 5.75 Å². The second-order valence-electron chi connectivity index (χ2n) is 4.81. The molecule has 0 unspecified atom stereocenters. The van der Waals surface area contributed by atoms with Crippen LogP contribution < -0.4 is 10.2 Å². The number of nitrogens with zero attached hydrogens (tertiary/aromatic N) is 2. The molecule has 0 spiro atoms. The van der Waals surface area contributed by atoms with Gasteiger partial charge in [0.25, 0.3) is 0 Å². The Morgan fingerprint density at radius 1 is 1.25 bits per heavy atom. The highest BCUT2D eigenvalue weighted by Crippen LogP contribution is 2.32. The first-order chi connectivity index (χ1) is 9.76. The maximum atomic E-state index is 9.81. The van der Waals surface area contributed by atoms with Crippen molar-refractivity contribution in [3.63, 3.8) is 0 Å². The van der Waals surface area contributed by atoms with Gasteiger partial charge in [-0.25, -0.2) is 5.01 Å². The second-order valence-corrected chi connectivity index (χ2v) is 4.81. The van der Waals surface area contributed by atoms with Crippen LogP contribution in [0, 0.1) is 0 Å². The standard InChI is InChI=1S/C15H17N3O2/c1-20-15-9-12-10-18(7-4-11(12)8-14(15)19)17-13-2-5-16-6-3-13/h2-3,5-6,8-9,19H,4,7,10H2,1H3,(H,16,17). The van der Waals surface area contributed by atoms with E-state index in [0.717, 1.165) is 25.2 Å². The fourth-order valence-corrected chi connectivity index (χ4v) is 2.44. The summed E-state index contributed by atoms with van der Waals surface area (Å²) in [6, 6.07) is 7.59. The van der Waals surface area contributed by atoms with Gasteiger partial charge in [0.15, 0.2) is 11.5 Å². The van der Waals surface area contributed by atoms with Crippen molar-refractivity contribution in [1.29, 1.82) is 0 Å². The largest absolute Gasteiger partial charge is 0.504 e. The summed E-state index contributed by atoms with van der Waals surface area (Å²) in [6.07, 6.45) is 4.42. The minimum absolute atomic E-state index is 0.210. The third-order valence-corrected chi connectivity index (χ3v) is 3.48. The van der Waals surface area contributed by atoms with Gasteiger partial charge >= 0.3 is 0 Å². The molecule has 5 heteroatoms. The summed E-state index contributed by atoms with van der Waals surface area (Å²) in [5, 5.41) is 12.0. The van der Waals surface area contributed by atoms with Gasteiger partial charge < -0.3 is 15.3 Å². The summed E-state index contributed by atoms with van der Waals surface area (Å²) in [4.78, 5) is 4.00. The maximum Gasteiger partial charge on any atom is 0.160 e. The Kier molecular flexibility index (Phi) is 3.43. The predicted molar refractivity (Wildman–Crippen MR) is 76.6 cm³/mol. The lowest BCUT2D eigenvalue weighted by Crippen LogP contribution is -2.35. The van der Waals surface area contributed by atoms with Crippen molar-refractivity contribution in [3.8, 4) is 11.5 Å². The van der Waals surface area contributed by atoms with Crippen LogP contribution in [0.1, 0.15) is 11.1 Å². The Bertz CT molecular complexity index is 602. The van der Waals surface area contributed by atoms with Crippen molar-refractivity contribution in [1.82, 2.24) is 9.99 Å². The number of benzene rings is 1. The van der Waals surface area contributed by atoms with Crippen LogP contribution >= 0.6 is 0 Å². The van der Waals surface area contributed by atoms with Crippen LogP contribution in [0.5, 0.6) is 11.5 Å². The van der Waals surface area contributed by atoms with E-state index in [1.165, 1.54) is 11.1 Å². The summed E-state index contributed by atoms with van der Waals surface area (Å²) in [5.41, 5.74) is 6.74. The van der Waals surface area contributed by atoms with Crippen LogP contribution in [0.2, 0.25) is 0 Å². The first-order valence-electron chi connectivity index (χ1n) is 6.56. The maximum absolute atomic E-state index is 9.81. The van der Waals surface area contributed by atoms with Crippen molar-refractivity contribution in [2.45, 2.75) is 13.0 Å². The zero-order valence-electron chi connectivity index (χ0n) is 11.3. The number of phenols is 1. The van der Waals surface area contributed by atoms with Gasteiger partial charge in [-0.05, 0) is 41.8 Å². The average Bonchev–Trinajstić information content (AvgIpc) is 2.48. The molecule has 3 rings (SSSR count). The van der Waals surface area contributed by atoms with E-state index >= 15 is 0 Å². The van der Waals surface area contributed by atoms with Gasteiger partial charge in [-0.15, -0.1) is 0 Å². The van der Waals surface area contributed by atoms with Crippen LogP contribution in [-0.4, -0.2) is 28.8 Å². The Hall–Kier alpha value is -2.27. The molecule has 5 nitrogen and oxygen atoms in total. The van der Waals surface area contributed by atoms with Crippen molar-refractivity contribution in [2.24, 2.45) is 0 Å². The molecule has 2 aromatic rings. The number of fused-ring (bicyclic) bond motifs is 1. The summed E-state index contributed by atoms with van der Waals surface area (Å²) >= 11 is 0.